The van der Waals surface area contributed by atoms with Crippen LogP contribution in [0.15, 0.2) is 48.5 Å². The minimum atomic E-state index is -0.297. The van der Waals surface area contributed by atoms with E-state index in [2.05, 4.69) is 5.32 Å². The fraction of sp³-hybridized carbons (Fsp3) is 0.333. The molecule has 27 heavy (non-hydrogen) atoms. The van der Waals surface area contributed by atoms with Crippen molar-refractivity contribution in [3.63, 3.8) is 0 Å². The van der Waals surface area contributed by atoms with E-state index >= 15 is 0 Å². The van der Waals surface area contributed by atoms with Crippen LogP contribution in [0.5, 0.6) is 0 Å². The van der Waals surface area contributed by atoms with Crippen LogP contribution in [0.4, 0.5) is 15.3 Å². The number of amides is 3. The van der Waals surface area contributed by atoms with Crippen LogP contribution >= 0.6 is 0 Å². The van der Waals surface area contributed by atoms with Crippen LogP contribution in [0.2, 0.25) is 0 Å². The number of aryl methyl sites for hydroxylation is 1. The monoisotopic (exact) mass is 365 g/mol. The minimum Gasteiger partial charge on any atom is -0.447 e. The molecule has 4 rings (SSSR count). The number of nitrogens with zero attached hydrogens (tertiary/aromatic N) is 2. The summed E-state index contributed by atoms with van der Waals surface area (Å²) in [5.74, 6) is 0. The second-order valence-corrected chi connectivity index (χ2v) is 7.09. The highest BCUT2D eigenvalue weighted by atomic mass is 16.6. The zero-order valence-electron chi connectivity index (χ0n) is 15.4. The summed E-state index contributed by atoms with van der Waals surface area (Å²) in [4.78, 5) is 28.6. The van der Waals surface area contributed by atoms with Crippen molar-refractivity contribution in [1.29, 1.82) is 0 Å². The number of rotatable bonds is 2. The SMILES string of the molecule is Cc1ccc2c(c1)N1C(=O)OC[C@@H]1CCN(C(=O)NCc1ccccc1)C2. The maximum Gasteiger partial charge on any atom is 0.414 e. The fourth-order valence-electron chi connectivity index (χ4n) is 3.65. The molecule has 2 heterocycles. The maximum absolute atomic E-state index is 12.8. The topological polar surface area (TPSA) is 61.9 Å². The van der Waals surface area contributed by atoms with Crippen molar-refractivity contribution in [2.75, 3.05) is 18.1 Å². The molecule has 2 aliphatic rings. The van der Waals surface area contributed by atoms with Crippen LogP contribution in [0.25, 0.3) is 0 Å². The molecule has 0 aromatic heterocycles. The summed E-state index contributed by atoms with van der Waals surface area (Å²) in [5, 5.41) is 3.00. The lowest BCUT2D eigenvalue weighted by molar-refractivity contribution is 0.176. The predicted molar refractivity (Wildman–Crippen MR) is 102 cm³/mol. The normalized spacial score (nSPS) is 18.9. The summed E-state index contributed by atoms with van der Waals surface area (Å²) in [6.07, 6.45) is 0.395. The van der Waals surface area contributed by atoms with E-state index in [1.807, 2.05) is 60.4 Å². The molecule has 2 aromatic rings. The largest absolute Gasteiger partial charge is 0.447 e. The Morgan fingerprint density at radius 2 is 2.04 bits per heavy atom. The van der Waals surface area contributed by atoms with Gasteiger partial charge in [0.05, 0.1) is 11.7 Å². The summed E-state index contributed by atoms with van der Waals surface area (Å²) in [6.45, 7) is 3.90. The van der Waals surface area contributed by atoms with Crippen LogP contribution < -0.4 is 10.2 Å². The second kappa shape index (κ2) is 7.31. The average molecular weight is 365 g/mol. The number of carbonyl (C=O) groups is 2. The van der Waals surface area contributed by atoms with Crippen LogP contribution in [-0.4, -0.2) is 36.2 Å². The van der Waals surface area contributed by atoms with E-state index in [4.69, 9.17) is 4.74 Å². The minimum absolute atomic E-state index is 0.0391. The lowest BCUT2D eigenvalue weighted by atomic mass is 10.0. The van der Waals surface area contributed by atoms with Gasteiger partial charge < -0.3 is 15.0 Å². The number of cyclic esters (lactones) is 1. The second-order valence-electron chi connectivity index (χ2n) is 7.09. The Labute approximate surface area is 158 Å². The highest BCUT2D eigenvalue weighted by molar-refractivity contribution is 5.91. The van der Waals surface area contributed by atoms with E-state index in [1.54, 1.807) is 4.90 Å². The van der Waals surface area contributed by atoms with Crippen molar-refractivity contribution in [3.05, 3.63) is 65.2 Å². The van der Waals surface area contributed by atoms with Gasteiger partial charge in [0, 0.05) is 19.6 Å². The van der Waals surface area contributed by atoms with Crippen LogP contribution in [-0.2, 0) is 17.8 Å². The number of nitrogens with one attached hydrogen (secondary N) is 1. The van der Waals surface area contributed by atoms with E-state index < -0.39 is 0 Å². The van der Waals surface area contributed by atoms with Gasteiger partial charge in [-0.25, -0.2) is 9.59 Å². The molecule has 2 aromatic carbocycles. The Balaban J connectivity index is 1.55. The molecule has 0 unspecified atom stereocenters. The summed E-state index contributed by atoms with van der Waals surface area (Å²) in [6, 6.07) is 15.7. The smallest absolute Gasteiger partial charge is 0.414 e. The fourth-order valence-corrected chi connectivity index (χ4v) is 3.65. The molecule has 1 N–H and O–H groups in total. The summed E-state index contributed by atoms with van der Waals surface area (Å²) >= 11 is 0. The molecule has 140 valence electrons. The van der Waals surface area contributed by atoms with E-state index in [0.29, 0.717) is 32.7 Å². The first-order valence-corrected chi connectivity index (χ1v) is 9.24. The standard InChI is InChI=1S/C21H23N3O3/c1-15-7-8-17-13-23(20(25)22-12-16-5-3-2-4-6-16)10-9-18-14-27-21(26)24(18)19(17)11-15/h2-8,11,18H,9-10,12-14H2,1H3,(H,22,25)/t18-/m0/s1. The molecule has 0 radical (unpaired) electrons. The van der Waals surface area contributed by atoms with Gasteiger partial charge in [-0.3, -0.25) is 4.90 Å². The molecule has 0 aliphatic carbocycles. The highest BCUT2D eigenvalue weighted by Gasteiger charge is 2.37. The molecule has 0 spiro atoms. The van der Waals surface area contributed by atoms with Gasteiger partial charge in [-0.15, -0.1) is 0 Å². The van der Waals surface area contributed by atoms with Gasteiger partial charge in [0.15, 0.2) is 0 Å². The van der Waals surface area contributed by atoms with Gasteiger partial charge in [-0.05, 0) is 36.1 Å². The van der Waals surface area contributed by atoms with Crippen LogP contribution in [0.1, 0.15) is 23.1 Å². The van der Waals surface area contributed by atoms with Crippen molar-refractivity contribution in [1.82, 2.24) is 10.2 Å². The summed E-state index contributed by atoms with van der Waals surface area (Å²) < 4.78 is 5.28. The Hall–Kier alpha value is -3.02. The summed E-state index contributed by atoms with van der Waals surface area (Å²) in [7, 11) is 0. The van der Waals surface area contributed by atoms with Gasteiger partial charge in [0.25, 0.3) is 0 Å². The quantitative estimate of drug-likeness (QED) is 0.887. The van der Waals surface area contributed by atoms with Gasteiger partial charge in [-0.1, -0.05) is 42.5 Å². The Morgan fingerprint density at radius 3 is 2.85 bits per heavy atom. The molecule has 3 amide bonds. The van der Waals surface area contributed by atoms with Gasteiger partial charge in [0.1, 0.15) is 6.61 Å². The van der Waals surface area contributed by atoms with Crippen LogP contribution in [0, 0.1) is 6.92 Å². The maximum atomic E-state index is 12.8. The number of ether oxygens (including phenoxy) is 1. The third-order valence-electron chi connectivity index (χ3n) is 5.13. The number of benzene rings is 2. The summed E-state index contributed by atoms with van der Waals surface area (Å²) in [5.41, 5.74) is 3.95. The zero-order valence-corrected chi connectivity index (χ0v) is 15.4. The van der Waals surface area contributed by atoms with Crippen molar-refractivity contribution in [3.8, 4) is 0 Å². The number of anilines is 1. The van der Waals surface area contributed by atoms with Crippen molar-refractivity contribution in [2.45, 2.75) is 32.5 Å². The van der Waals surface area contributed by atoms with Crippen molar-refractivity contribution in [2.24, 2.45) is 0 Å². The number of hydrogen-bond acceptors (Lipinski definition) is 3. The molecular weight excluding hydrogens is 342 g/mol. The van der Waals surface area contributed by atoms with Gasteiger partial charge in [0.2, 0.25) is 0 Å². The third kappa shape index (κ3) is 3.60. The lowest BCUT2D eigenvalue weighted by Gasteiger charge is -2.32. The molecule has 6 nitrogen and oxygen atoms in total. The van der Waals surface area contributed by atoms with E-state index in [9.17, 15) is 9.59 Å². The molecule has 1 fully saturated rings. The molecular formula is C21H23N3O3. The number of carbonyl (C=O) groups excluding carboxylic acids is 2. The first kappa shape index (κ1) is 17.4. The Morgan fingerprint density at radius 1 is 1.22 bits per heavy atom. The average Bonchev–Trinajstić information content (AvgIpc) is 3.03. The third-order valence-corrected chi connectivity index (χ3v) is 5.13. The van der Waals surface area contributed by atoms with Crippen LogP contribution in [0.3, 0.4) is 0 Å². The van der Waals surface area contributed by atoms with E-state index in [1.165, 1.54) is 0 Å². The molecule has 0 bridgehead atoms. The van der Waals surface area contributed by atoms with E-state index in [-0.39, 0.29) is 18.2 Å². The van der Waals surface area contributed by atoms with E-state index in [0.717, 1.165) is 22.4 Å². The van der Waals surface area contributed by atoms with Gasteiger partial charge >= 0.3 is 12.1 Å². The van der Waals surface area contributed by atoms with Crippen molar-refractivity contribution >= 4 is 17.8 Å². The first-order chi connectivity index (χ1) is 13.1. The molecule has 1 saturated heterocycles. The van der Waals surface area contributed by atoms with Crippen molar-refractivity contribution < 1.29 is 14.3 Å². The highest BCUT2D eigenvalue weighted by Crippen LogP contribution is 2.32. The molecule has 2 aliphatic heterocycles. The molecule has 1 atom stereocenters. The number of urea groups is 1. The first-order valence-electron chi connectivity index (χ1n) is 9.24. The number of hydrogen-bond donors (Lipinski definition) is 1. The number of fused-ring (bicyclic) bond motifs is 3. The molecule has 0 saturated carbocycles. The molecule has 6 heteroatoms. The van der Waals surface area contributed by atoms with Gasteiger partial charge in [-0.2, -0.15) is 0 Å². The lowest BCUT2D eigenvalue weighted by Crippen LogP contribution is -2.45. The Kier molecular flexibility index (Phi) is 4.71. The predicted octanol–water partition coefficient (Wildman–Crippen LogP) is 3.44. The Bertz CT molecular complexity index is 853. The zero-order chi connectivity index (χ0) is 18.8.